The lowest BCUT2D eigenvalue weighted by Gasteiger charge is -2.30. The van der Waals surface area contributed by atoms with E-state index in [9.17, 15) is 13.2 Å². The smallest absolute Gasteiger partial charge is 0.248 e. The van der Waals surface area contributed by atoms with Crippen molar-refractivity contribution in [3.05, 3.63) is 52.5 Å². The van der Waals surface area contributed by atoms with Crippen molar-refractivity contribution in [2.24, 2.45) is 0 Å². The van der Waals surface area contributed by atoms with Gasteiger partial charge in [0.1, 0.15) is 11.8 Å². The molecule has 29 heavy (non-hydrogen) atoms. The number of anilines is 2. The van der Waals surface area contributed by atoms with Crippen molar-refractivity contribution in [3.8, 4) is 5.75 Å². The van der Waals surface area contributed by atoms with Crippen LogP contribution in [0.2, 0.25) is 5.02 Å². The standard InChI is InChI=1S/C21H27ClN2O4S/c1-6-15-9-8-10-16(7-2)20(15)23-21(25)14(3)24(29(5,26)27)18-13-17(22)11-12-19(18)28-4/h8-14H,6-7H2,1-5H3,(H,23,25)/t14-/m1/s1. The summed E-state index contributed by atoms with van der Waals surface area (Å²) < 4.78 is 31.5. The van der Waals surface area contributed by atoms with Gasteiger partial charge in [0, 0.05) is 10.7 Å². The SMILES string of the molecule is CCc1cccc(CC)c1NC(=O)[C@@H](C)N(c1cc(Cl)ccc1OC)S(C)(=O)=O. The van der Waals surface area contributed by atoms with E-state index in [1.54, 1.807) is 12.1 Å². The molecule has 6 nitrogen and oxygen atoms in total. The Morgan fingerprint density at radius 2 is 1.76 bits per heavy atom. The molecule has 0 spiro atoms. The van der Waals surface area contributed by atoms with E-state index < -0.39 is 22.0 Å². The van der Waals surface area contributed by atoms with Crippen molar-refractivity contribution < 1.29 is 17.9 Å². The Morgan fingerprint density at radius 3 is 2.24 bits per heavy atom. The minimum Gasteiger partial charge on any atom is -0.495 e. The molecule has 1 atom stereocenters. The molecule has 0 aromatic heterocycles. The minimum atomic E-state index is -3.80. The molecule has 2 aromatic carbocycles. The molecule has 1 N–H and O–H groups in total. The Balaban J connectivity index is 2.48. The van der Waals surface area contributed by atoms with Gasteiger partial charge in [0.25, 0.3) is 0 Å². The van der Waals surface area contributed by atoms with Crippen LogP contribution in [0.1, 0.15) is 31.9 Å². The molecule has 158 valence electrons. The van der Waals surface area contributed by atoms with Gasteiger partial charge >= 0.3 is 0 Å². The Kier molecular flexibility index (Phi) is 7.54. The zero-order chi connectivity index (χ0) is 21.8. The minimum absolute atomic E-state index is 0.213. The number of para-hydroxylation sites is 1. The van der Waals surface area contributed by atoms with Crippen molar-refractivity contribution in [2.45, 2.75) is 39.7 Å². The number of benzene rings is 2. The summed E-state index contributed by atoms with van der Waals surface area (Å²) in [6, 6.07) is 9.48. The van der Waals surface area contributed by atoms with Gasteiger partial charge in [-0.3, -0.25) is 9.10 Å². The topological polar surface area (TPSA) is 75.7 Å². The molecule has 0 aliphatic rings. The number of rotatable bonds is 8. The first-order valence-electron chi connectivity index (χ1n) is 9.38. The van der Waals surface area contributed by atoms with Crippen molar-refractivity contribution >= 4 is 38.9 Å². The number of nitrogens with zero attached hydrogens (tertiary/aromatic N) is 1. The number of hydrogen-bond donors (Lipinski definition) is 1. The predicted molar refractivity (Wildman–Crippen MR) is 119 cm³/mol. The van der Waals surface area contributed by atoms with Crippen LogP contribution in [-0.2, 0) is 27.7 Å². The quantitative estimate of drug-likeness (QED) is 0.667. The summed E-state index contributed by atoms with van der Waals surface area (Å²) in [5, 5.41) is 3.28. The highest BCUT2D eigenvalue weighted by Gasteiger charge is 2.32. The van der Waals surface area contributed by atoms with Gasteiger partial charge in [0.2, 0.25) is 15.9 Å². The molecule has 0 aliphatic carbocycles. The largest absolute Gasteiger partial charge is 0.495 e. The van der Waals surface area contributed by atoms with E-state index in [0.717, 1.165) is 40.2 Å². The molecule has 2 rings (SSSR count). The highest BCUT2D eigenvalue weighted by molar-refractivity contribution is 7.92. The Labute approximate surface area is 177 Å². The number of halogens is 1. The van der Waals surface area contributed by atoms with Crippen LogP contribution < -0.4 is 14.4 Å². The maximum Gasteiger partial charge on any atom is 0.248 e. The number of nitrogens with one attached hydrogen (secondary N) is 1. The van der Waals surface area contributed by atoms with Gasteiger partial charge in [-0.1, -0.05) is 43.6 Å². The van der Waals surface area contributed by atoms with Crippen molar-refractivity contribution in [3.63, 3.8) is 0 Å². The van der Waals surface area contributed by atoms with E-state index in [1.807, 2.05) is 32.0 Å². The van der Waals surface area contributed by atoms with Crippen LogP contribution in [0, 0.1) is 0 Å². The zero-order valence-electron chi connectivity index (χ0n) is 17.3. The lowest BCUT2D eigenvalue weighted by atomic mass is 10.0. The fraction of sp³-hybridized carbons (Fsp3) is 0.381. The molecule has 8 heteroatoms. The van der Waals surface area contributed by atoms with Gasteiger partial charge in [-0.05, 0) is 49.1 Å². The van der Waals surface area contributed by atoms with Gasteiger partial charge < -0.3 is 10.1 Å². The highest BCUT2D eigenvalue weighted by atomic mass is 35.5. The molecule has 0 radical (unpaired) electrons. The average molecular weight is 439 g/mol. The third kappa shape index (κ3) is 5.22. The van der Waals surface area contributed by atoms with E-state index in [4.69, 9.17) is 16.3 Å². The predicted octanol–water partition coefficient (Wildman–Crippen LogP) is 4.27. The van der Waals surface area contributed by atoms with E-state index >= 15 is 0 Å². The summed E-state index contributed by atoms with van der Waals surface area (Å²) in [7, 11) is -2.37. The molecule has 2 aromatic rings. The van der Waals surface area contributed by atoms with Crippen molar-refractivity contribution in [1.82, 2.24) is 0 Å². The van der Waals surface area contributed by atoms with Crippen LogP contribution in [0.4, 0.5) is 11.4 Å². The Bertz CT molecular complexity index is 970. The number of hydrogen-bond acceptors (Lipinski definition) is 4. The molecule has 0 saturated carbocycles. The Morgan fingerprint density at radius 1 is 1.17 bits per heavy atom. The summed E-state index contributed by atoms with van der Waals surface area (Å²) >= 11 is 6.08. The zero-order valence-corrected chi connectivity index (χ0v) is 18.9. The lowest BCUT2D eigenvalue weighted by molar-refractivity contribution is -0.116. The van der Waals surface area contributed by atoms with E-state index in [2.05, 4.69) is 5.32 Å². The highest BCUT2D eigenvalue weighted by Crippen LogP contribution is 2.34. The third-order valence-electron chi connectivity index (χ3n) is 4.71. The van der Waals surface area contributed by atoms with Crippen LogP contribution in [0.3, 0.4) is 0 Å². The summed E-state index contributed by atoms with van der Waals surface area (Å²) in [5.74, 6) is -0.129. The average Bonchev–Trinajstić information content (AvgIpc) is 2.67. The number of aryl methyl sites for hydroxylation is 2. The normalized spacial score (nSPS) is 12.3. The van der Waals surface area contributed by atoms with Gasteiger partial charge in [0.05, 0.1) is 19.1 Å². The lowest BCUT2D eigenvalue weighted by Crippen LogP contribution is -2.45. The van der Waals surface area contributed by atoms with E-state index in [1.165, 1.54) is 20.1 Å². The number of carbonyl (C=O) groups excluding carboxylic acids is 1. The van der Waals surface area contributed by atoms with Crippen LogP contribution in [0.25, 0.3) is 0 Å². The molecule has 0 aliphatic heterocycles. The fourth-order valence-corrected chi connectivity index (χ4v) is 4.58. The second-order valence-electron chi connectivity index (χ2n) is 6.70. The van der Waals surface area contributed by atoms with Gasteiger partial charge in [-0.15, -0.1) is 0 Å². The number of sulfonamides is 1. The first-order valence-corrected chi connectivity index (χ1v) is 11.6. The summed E-state index contributed by atoms with van der Waals surface area (Å²) in [6.07, 6.45) is 2.54. The summed E-state index contributed by atoms with van der Waals surface area (Å²) in [6.45, 7) is 5.55. The number of carbonyl (C=O) groups is 1. The number of amides is 1. The first-order chi connectivity index (χ1) is 13.6. The second-order valence-corrected chi connectivity index (χ2v) is 8.99. The maximum atomic E-state index is 13.1. The maximum absolute atomic E-state index is 13.1. The summed E-state index contributed by atoms with van der Waals surface area (Å²) in [5.41, 5.74) is 2.94. The fourth-order valence-electron chi connectivity index (χ4n) is 3.25. The van der Waals surface area contributed by atoms with Crippen molar-refractivity contribution in [1.29, 1.82) is 0 Å². The number of methoxy groups -OCH3 is 1. The Hall–Kier alpha value is -2.25. The third-order valence-corrected chi connectivity index (χ3v) is 6.18. The van der Waals surface area contributed by atoms with Crippen molar-refractivity contribution in [2.75, 3.05) is 23.0 Å². The molecular formula is C21H27ClN2O4S. The van der Waals surface area contributed by atoms with Crippen LogP contribution in [0.15, 0.2) is 36.4 Å². The van der Waals surface area contributed by atoms with Gasteiger partial charge in [-0.2, -0.15) is 0 Å². The van der Waals surface area contributed by atoms with Crippen LogP contribution >= 0.6 is 11.6 Å². The molecular weight excluding hydrogens is 412 g/mol. The summed E-state index contributed by atoms with van der Waals surface area (Å²) in [4.78, 5) is 13.1. The molecule has 0 fully saturated rings. The monoisotopic (exact) mass is 438 g/mol. The molecule has 1 amide bonds. The van der Waals surface area contributed by atoms with Gasteiger partial charge in [0.15, 0.2) is 0 Å². The van der Waals surface area contributed by atoms with E-state index in [-0.39, 0.29) is 5.69 Å². The van der Waals surface area contributed by atoms with Crippen LogP contribution in [-0.4, -0.2) is 33.7 Å². The van der Waals surface area contributed by atoms with Crippen LogP contribution in [0.5, 0.6) is 5.75 Å². The van der Waals surface area contributed by atoms with E-state index in [0.29, 0.717) is 10.8 Å². The second kappa shape index (κ2) is 9.50. The molecule has 0 heterocycles. The number of ether oxygens (including phenoxy) is 1. The first kappa shape index (κ1) is 23.0. The molecule has 0 saturated heterocycles. The van der Waals surface area contributed by atoms with Gasteiger partial charge in [-0.25, -0.2) is 8.42 Å². The molecule has 0 bridgehead atoms. The molecule has 0 unspecified atom stereocenters.